The van der Waals surface area contributed by atoms with E-state index in [0.717, 1.165) is 12.8 Å². The molecule has 0 fully saturated rings. The fourth-order valence-corrected chi connectivity index (χ4v) is 1.03. The van der Waals surface area contributed by atoms with E-state index >= 15 is 0 Å². The summed E-state index contributed by atoms with van der Waals surface area (Å²) in [5.74, 6) is 4.83. The number of carbonyl (C=O) groups is 1. The van der Waals surface area contributed by atoms with Crippen LogP contribution < -0.4 is 11.3 Å². The van der Waals surface area contributed by atoms with Crippen LogP contribution >= 0.6 is 0 Å². The van der Waals surface area contributed by atoms with Crippen LogP contribution in [0, 0.1) is 0 Å². The molecule has 0 aromatic heterocycles. The molecule has 0 atom stereocenters. The average molecular weight is 184 g/mol. The fraction of sp³-hybridized carbons (Fsp3) is 0.700. The zero-order valence-electron chi connectivity index (χ0n) is 8.38. The molecule has 3 heteroatoms. The summed E-state index contributed by atoms with van der Waals surface area (Å²) in [5, 5.41) is 0. The number of hydrazine groups is 1. The molecule has 0 spiro atoms. The summed E-state index contributed by atoms with van der Waals surface area (Å²) in [6.45, 7) is 2.19. The Hall–Kier alpha value is -0.830. The topological polar surface area (TPSA) is 55.1 Å². The van der Waals surface area contributed by atoms with Crippen molar-refractivity contribution in [3.63, 3.8) is 0 Å². The van der Waals surface area contributed by atoms with Gasteiger partial charge in [-0.05, 0) is 19.3 Å². The summed E-state index contributed by atoms with van der Waals surface area (Å²) < 4.78 is 0. The lowest BCUT2D eigenvalue weighted by atomic mass is 10.2. The fourth-order valence-electron chi connectivity index (χ4n) is 1.03. The third-order valence-electron chi connectivity index (χ3n) is 1.84. The van der Waals surface area contributed by atoms with E-state index in [1.807, 2.05) is 6.08 Å². The molecule has 0 bridgehead atoms. The van der Waals surface area contributed by atoms with Crippen LogP contribution in [0.5, 0.6) is 0 Å². The second-order valence-electron chi connectivity index (χ2n) is 3.07. The number of nitrogens with one attached hydrogen (secondary N) is 1. The largest absolute Gasteiger partial charge is 0.294 e. The highest BCUT2D eigenvalue weighted by Crippen LogP contribution is 2.00. The molecule has 3 N–H and O–H groups in total. The molecule has 0 aliphatic rings. The van der Waals surface area contributed by atoms with Gasteiger partial charge in [0.15, 0.2) is 0 Å². The first-order chi connectivity index (χ1) is 6.31. The van der Waals surface area contributed by atoms with Gasteiger partial charge >= 0.3 is 0 Å². The summed E-state index contributed by atoms with van der Waals surface area (Å²) in [5.41, 5.74) is 2.10. The predicted molar refractivity (Wildman–Crippen MR) is 54.8 cm³/mol. The highest BCUT2D eigenvalue weighted by Gasteiger charge is 1.93. The van der Waals surface area contributed by atoms with Crippen molar-refractivity contribution in [3.05, 3.63) is 12.2 Å². The molecule has 0 heterocycles. The van der Waals surface area contributed by atoms with Crippen LogP contribution in [0.25, 0.3) is 0 Å². The summed E-state index contributed by atoms with van der Waals surface area (Å²) in [7, 11) is 0. The van der Waals surface area contributed by atoms with Gasteiger partial charge in [0.25, 0.3) is 0 Å². The molecule has 0 aromatic rings. The van der Waals surface area contributed by atoms with Gasteiger partial charge in [0, 0.05) is 6.42 Å². The Balaban J connectivity index is 3.17. The minimum Gasteiger partial charge on any atom is -0.294 e. The number of hydrogen-bond acceptors (Lipinski definition) is 2. The van der Waals surface area contributed by atoms with Crippen LogP contribution in [0.2, 0.25) is 0 Å². The van der Waals surface area contributed by atoms with Crippen molar-refractivity contribution < 1.29 is 4.79 Å². The van der Waals surface area contributed by atoms with Crippen molar-refractivity contribution in [2.24, 2.45) is 5.84 Å². The zero-order valence-corrected chi connectivity index (χ0v) is 8.38. The van der Waals surface area contributed by atoms with E-state index in [1.54, 1.807) is 0 Å². The Kier molecular flexibility index (Phi) is 8.67. The van der Waals surface area contributed by atoms with Crippen molar-refractivity contribution >= 4 is 5.91 Å². The molecule has 0 unspecified atom stereocenters. The van der Waals surface area contributed by atoms with Gasteiger partial charge in [-0.2, -0.15) is 0 Å². The van der Waals surface area contributed by atoms with Gasteiger partial charge in [-0.25, -0.2) is 5.84 Å². The monoisotopic (exact) mass is 184 g/mol. The molecule has 0 aliphatic heterocycles. The van der Waals surface area contributed by atoms with E-state index in [0.29, 0.717) is 6.42 Å². The summed E-state index contributed by atoms with van der Waals surface area (Å²) in [4.78, 5) is 10.7. The highest BCUT2D eigenvalue weighted by atomic mass is 16.2. The number of allylic oxidation sites excluding steroid dienone is 2. The maximum atomic E-state index is 10.7. The molecule has 0 aliphatic carbocycles. The summed E-state index contributed by atoms with van der Waals surface area (Å²) >= 11 is 0. The first-order valence-electron chi connectivity index (χ1n) is 4.95. The van der Waals surface area contributed by atoms with E-state index in [1.165, 1.54) is 19.3 Å². The number of carbonyl (C=O) groups excluding carboxylic acids is 1. The minimum atomic E-state index is -0.0989. The molecule has 3 nitrogen and oxygen atoms in total. The van der Waals surface area contributed by atoms with Crippen molar-refractivity contribution in [1.29, 1.82) is 0 Å². The molecule has 76 valence electrons. The first kappa shape index (κ1) is 12.2. The summed E-state index contributed by atoms with van der Waals surface area (Å²) in [6.07, 6.45) is 10.4. The van der Waals surface area contributed by atoms with Crippen LogP contribution in [-0.2, 0) is 4.79 Å². The molecule has 0 saturated carbocycles. The van der Waals surface area contributed by atoms with Gasteiger partial charge in [-0.15, -0.1) is 0 Å². The second kappa shape index (κ2) is 9.26. The van der Waals surface area contributed by atoms with Gasteiger partial charge in [0.1, 0.15) is 0 Å². The van der Waals surface area contributed by atoms with Crippen molar-refractivity contribution in [1.82, 2.24) is 5.43 Å². The van der Waals surface area contributed by atoms with Gasteiger partial charge < -0.3 is 0 Å². The standard InChI is InChI=1S/C10H20N2O/c1-2-3-4-5-6-7-8-9-10(13)12-11/h6-7H,2-5,8-9,11H2,1H3,(H,12,13)/b7-6+. The number of amides is 1. The van der Waals surface area contributed by atoms with Crippen molar-refractivity contribution in [2.45, 2.75) is 45.4 Å². The second-order valence-corrected chi connectivity index (χ2v) is 3.07. The zero-order chi connectivity index (χ0) is 9.94. The Morgan fingerprint density at radius 1 is 1.31 bits per heavy atom. The Morgan fingerprint density at radius 2 is 2.00 bits per heavy atom. The third kappa shape index (κ3) is 9.08. The first-order valence-corrected chi connectivity index (χ1v) is 4.95. The SMILES string of the molecule is CCCCC/C=C/CCC(=O)NN. The quantitative estimate of drug-likeness (QED) is 0.209. The molecule has 0 saturated heterocycles. The highest BCUT2D eigenvalue weighted by molar-refractivity contribution is 5.75. The smallest absolute Gasteiger partial charge is 0.234 e. The average Bonchev–Trinajstić information content (AvgIpc) is 2.16. The van der Waals surface area contributed by atoms with Crippen molar-refractivity contribution in [2.75, 3.05) is 0 Å². The van der Waals surface area contributed by atoms with E-state index in [9.17, 15) is 4.79 Å². The minimum absolute atomic E-state index is 0.0989. The van der Waals surface area contributed by atoms with Crippen LogP contribution in [0.3, 0.4) is 0 Å². The van der Waals surface area contributed by atoms with E-state index in [-0.39, 0.29) is 5.91 Å². The summed E-state index contributed by atoms with van der Waals surface area (Å²) in [6, 6.07) is 0. The van der Waals surface area contributed by atoms with Crippen LogP contribution in [-0.4, -0.2) is 5.91 Å². The van der Waals surface area contributed by atoms with Crippen LogP contribution in [0.4, 0.5) is 0 Å². The number of nitrogens with two attached hydrogens (primary N) is 1. The van der Waals surface area contributed by atoms with E-state index in [4.69, 9.17) is 5.84 Å². The molecule has 0 radical (unpaired) electrons. The Morgan fingerprint density at radius 3 is 2.62 bits per heavy atom. The lowest BCUT2D eigenvalue weighted by molar-refractivity contribution is -0.121. The van der Waals surface area contributed by atoms with Gasteiger partial charge in [-0.3, -0.25) is 10.2 Å². The maximum absolute atomic E-state index is 10.7. The van der Waals surface area contributed by atoms with Gasteiger partial charge in [0.2, 0.25) is 5.91 Å². The molecule has 0 rings (SSSR count). The normalized spacial score (nSPS) is 10.6. The van der Waals surface area contributed by atoms with E-state index < -0.39 is 0 Å². The molecule has 0 aromatic carbocycles. The maximum Gasteiger partial charge on any atom is 0.234 e. The molecular weight excluding hydrogens is 164 g/mol. The molecule has 1 amide bonds. The van der Waals surface area contributed by atoms with Crippen LogP contribution in [0.15, 0.2) is 12.2 Å². The number of unbranched alkanes of at least 4 members (excludes halogenated alkanes) is 3. The predicted octanol–water partition coefficient (Wildman–Crippen LogP) is 1.89. The lowest BCUT2D eigenvalue weighted by Gasteiger charge is -1.94. The van der Waals surface area contributed by atoms with E-state index in [2.05, 4.69) is 18.4 Å². The number of hydrogen-bond donors (Lipinski definition) is 2. The van der Waals surface area contributed by atoms with Crippen molar-refractivity contribution in [3.8, 4) is 0 Å². The van der Waals surface area contributed by atoms with Gasteiger partial charge in [0.05, 0.1) is 0 Å². The number of rotatable bonds is 7. The molecule has 13 heavy (non-hydrogen) atoms. The lowest BCUT2D eigenvalue weighted by Crippen LogP contribution is -2.29. The Bertz CT molecular complexity index is 155. The van der Waals surface area contributed by atoms with Gasteiger partial charge in [-0.1, -0.05) is 31.9 Å². The van der Waals surface area contributed by atoms with Crippen LogP contribution in [0.1, 0.15) is 45.4 Å². The molecular formula is C10H20N2O. The Labute approximate surface area is 80.4 Å². The third-order valence-corrected chi connectivity index (χ3v) is 1.84.